The maximum atomic E-state index is 9.53. The molecule has 2 aliphatic rings. The summed E-state index contributed by atoms with van der Waals surface area (Å²) in [5.74, 6) is 1.45. The summed E-state index contributed by atoms with van der Waals surface area (Å²) in [6, 6.07) is 11.8. The van der Waals surface area contributed by atoms with Crippen LogP contribution in [0, 0.1) is 29.1 Å². The normalized spacial score (nSPS) is 31.3. The lowest BCUT2D eigenvalue weighted by Crippen LogP contribution is -2.36. The van der Waals surface area contributed by atoms with Gasteiger partial charge in [-0.3, -0.25) is 5.32 Å². The molecule has 4 nitrogen and oxygen atoms in total. The highest BCUT2D eigenvalue weighted by molar-refractivity contribution is 5.21. The molecular formula is C15H18N2O2. The van der Waals surface area contributed by atoms with E-state index in [1.807, 2.05) is 30.3 Å². The third-order valence-corrected chi connectivity index (χ3v) is 4.31. The van der Waals surface area contributed by atoms with Crippen LogP contribution in [0.5, 0.6) is 0 Å². The molecule has 1 aliphatic carbocycles. The maximum absolute atomic E-state index is 9.53. The summed E-state index contributed by atoms with van der Waals surface area (Å²) < 4.78 is 5.36. The minimum absolute atomic E-state index is 0.000741. The Balaban J connectivity index is 1.67. The Morgan fingerprint density at radius 1 is 1.32 bits per heavy atom. The van der Waals surface area contributed by atoms with Gasteiger partial charge in [0, 0.05) is 0 Å². The van der Waals surface area contributed by atoms with Crippen LogP contribution in [-0.4, -0.2) is 31.0 Å². The second kappa shape index (κ2) is 5.30. The molecule has 0 amide bonds. The number of nitriles is 1. The molecule has 2 fully saturated rings. The zero-order valence-electron chi connectivity index (χ0n) is 10.7. The van der Waals surface area contributed by atoms with Crippen molar-refractivity contribution < 1.29 is 9.84 Å². The van der Waals surface area contributed by atoms with Crippen molar-refractivity contribution in [3.63, 3.8) is 0 Å². The average molecular weight is 258 g/mol. The van der Waals surface area contributed by atoms with Gasteiger partial charge >= 0.3 is 0 Å². The number of hydrogen-bond donors (Lipinski definition) is 2. The standard InChI is InChI=1S/C15H18N2O2/c16-6-13(15-11-8-19-9-12(11)15)17-14(7-18)10-4-2-1-3-5-10/h1-5,11-15,17-18H,7-9H2/t11-,12+,13?,14-,15+/m0/s1. The number of nitrogens with zero attached hydrogens (tertiary/aromatic N) is 1. The van der Waals surface area contributed by atoms with E-state index in [-0.39, 0.29) is 18.7 Å². The highest BCUT2D eigenvalue weighted by atomic mass is 16.5. The van der Waals surface area contributed by atoms with E-state index >= 15 is 0 Å². The van der Waals surface area contributed by atoms with Crippen molar-refractivity contribution in [2.45, 2.75) is 12.1 Å². The first kappa shape index (κ1) is 12.6. The third kappa shape index (κ3) is 2.37. The lowest BCUT2D eigenvalue weighted by atomic mass is 10.0. The summed E-state index contributed by atoms with van der Waals surface area (Å²) in [6.45, 7) is 1.56. The third-order valence-electron chi connectivity index (χ3n) is 4.31. The fourth-order valence-corrected chi connectivity index (χ4v) is 3.17. The highest BCUT2D eigenvalue weighted by Crippen LogP contribution is 2.52. The van der Waals surface area contributed by atoms with Crippen LogP contribution in [0.1, 0.15) is 11.6 Å². The molecule has 0 bridgehead atoms. The fraction of sp³-hybridized carbons (Fsp3) is 0.533. The zero-order valence-corrected chi connectivity index (χ0v) is 10.7. The Labute approximate surface area is 113 Å². The van der Waals surface area contributed by atoms with Crippen molar-refractivity contribution >= 4 is 0 Å². The first-order valence-electron chi connectivity index (χ1n) is 6.74. The summed E-state index contributed by atoms with van der Waals surface area (Å²) in [4.78, 5) is 0. The number of fused-ring (bicyclic) bond motifs is 1. The monoisotopic (exact) mass is 258 g/mol. The Morgan fingerprint density at radius 2 is 2.00 bits per heavy atom. The largest absolute Gasteiger partial charge is 0.394 e. The lowest BCUT2D eigenvalue weighted by Gasteiger charge is -2.21. The minimum Gasteiger partial charge on any atom is -0.394 e. The van der Waals surface area contributed by atoms with Crippen LogP contribution in [-0.2, 0) is 4.74 Å². The fourth-order valence-electron chi connectivity index (χ4n) is 3.17. The van der Waals surface area contributed by atoms with Crippen molar-refractivity contribution in [1.82, 2.24) is 5.32 Å². The molecule has 1 aliphatic heterocycles. The molecule has 3 rings (SSSR count). The van der Waals surface area contributed by atoms with Crippen LogP contribution < -0.4 is 5.32 Å². The summed E-state index contributed by atoms with van der Waals surface area (Å²) in [5.41, 5.74) is 1.02. The van der Waals surface area contributed by atoms with E-state index < -0.39 is 0 Å². The Hall–Kier alpha value is -1.41. The molecule has 1 aromatic carbocycles. The van der Waals surface area contributed by atoms with E-state index in [2.05, 4.69) is 11.4 Å². The number of ether oxygens (including phenoxy) is 1. The Kier molecular flexibility index (Phi) is 3.52. The van der Waals surface area contributed by atoms with Crippen molar-refractivity contribution in [2.24, 2.45) is 17.8 Å². The first-order chi connectivity index (χ1) is 9.35. The summed E-state index contributed by atoms with van der Waals surface area (Å²) in [7, 11) is 0. The molecular weight excluding hydrogens is 240 g/mol. The summed E-state index contributed by atoms with van der Waals surface area (Å²) >= 11 is 0. The molecule has 0 aromatic heterocycles. The second-order valence-corrected chi connectivity index (χ2v) is 5.36. The van der Waals surface area contributed by atoms with Crippen LogP contribution in [0.3, 0.4) is 0 Å². The molecule has 19 heavy (non-hydrogen) atoms. The van der Waals surface area contributed by atoms with Gasteiger partial charge in [0.25, 0.3) is 0 Å². The second-order valence-electron chi connectivity index (χ2n) is 5.36. The van der Waals surface area contributed by atoms with E-state index in [0.29, 0.717) is 17.8 Å². The van der Waals surface area contributed by atoms with Crippen LogP contribution in [0.25, 0.3) is 0 Å². The minimum atomic E-state index is -0.198. The molecule has 4 heteroatoms. The van der Waals surface area contributed by atoms with E-state index in [4.69, 9.17) is 4.74 Å². The number of aliphatic hydroxyl groups is 1. The quantitative estimate of drug-likeness (QED) is 0.830. The number of aliphatic hydroxyl groups excluding tert-OH is 1. The molecule has 5 atom stereocenters. The van der Waals surface area contributed by atoms with Gasteiger partial charge in [-0.1, -0.05) is 30.3 Å². The predicted molar refractivity (Wildman–Crippen MR) is 70.1 cm³/mol. The highest BCUT2D eigenvalue weighted by Gasteiger charge is 2.57. The van der Waals surface area contributed by atoms with Gasteiger partial charge in [0.15, 0.2) is 0 Å². The lowest BCUT2D eigenvalue weighted by molar-refractivity contribution is 0.143. The number of rotatable bonds is 5. The van der Waals surface area contributed by atoms with Gasteiger partial charge in [0.1, 0.15) is 0 Å². The molecule has 1 unspecified atom stereocenters. The van der Waals surface area contributed by atoms with Gasteiger partial charge < -0.3 is 9.84 Å². The van der Waals surface area contributed by atoms with Crippen molar-refractivity contribution in [2.75, 3.05) is 19.8 Å². The first-order valence-corrected chi connectivity index (χ1v) is 6.74. The van der Waals surface area contributed by atoms with Crippen molar-refractivity contribution in [1.29, 1.82) is 5.26 Å². The zero-order chi connectivity index (χ0) is 13.2. The van der Waals surface area contributed by atoms with Crippen molar-refractivity contribution in [3.05, 3.63) is 35.9 Å². The maximum Gasteiger partial charge on any atom is 0.0994 e. The van der Waals surface area contributed by atoms with Gasteiger partial charge in [-0.05, 0) is 23.3 Å². The molecule has 2 N–H and O–H groups in total. The topological polar surface area (TPSA) is 65.3 Å². The molecule has 1 aromatic rings. The molecule has 1 saturated carbocycles. The summed E-state index contributed by atoms with van der Waals surface area (Å²) in [6.07, 6.45) is 0. The smallest absolute Gasteiger partial charge is 0.0994 e. The number of benzene rings is 1. The van der Waals surface area contributed by atoms with E-state index in [1.54, 1.807) is 0 Å². The van der Waals surface area contributed by atoms with Crippen LogP contribution >= 0.6 is 0 Å². The van der Waals surface area contributed by atoms with Crippen LogP contribution in [0.4, 0.5) is 0 Å². The molecule has 1 heterocycles. The molecule has 1 saturated heterocycles. The van der Waals surface area contributed by atoms with E-state index in [0.717, 1.165) is 18.8 Å². The average Bonchev–Trinajstić information content (AvgIpc) is 2.94. The summed E-state index contributed by atoms with van der Waals surface area (Å²) in [5, 5.41) is 22.2. The van der Waals surface area contributed by atoms with Gasteiger partial charge in [0.05, 0.1) is 38.0 Å². The SMILES string of the molecule is N#CC(N[C@@H](CO)c1ccccc1)[C@H]1[C@@H]2COC[C@@H]21. The molecule has 100 valence electrons. The molecule has 0 radical (unpaired) electrons. The van der Waals surface area contributed by atoms with Gasteiger partial charge in [-0.25, -0.2) is 0 Å². The predicted octanol–water partition coefficient (Wildman–Crippen LogP) is 1.09. The van der Waals surface area contributed by atoms with E-state index in [9.17, 15) is 10.4 Å². The Morgan fingerprint density at radius 3 is 2.58 bits per heavy atom. The van der Waals surface area contributed by atoms with Crippen LogP contribution in [0.2, 0.25) is 0 Å². The van der Waals surface area contributed by atoms with Gasteiger partial charge in [0.2, 0.25) is 0 Å². The number of hydrogen-bond acceptors (Lipinski definition) is 4. The van der Waals surface area contributed by atoms with Gasteiger partial charge in [-0.15, -0.1) is 0 Å². The van der Waals surface area contributed by atoms with Crippen molar-refractivity contribution in [3.8, 4) is 6.07 Å². The number of nitrogens with one attached hydrogen (secondary N) is 1. The Bertz CT molecular complexity index is 461. The van der Waals surface area contributed by atoms with Crippen LogP contribution in [0.15, 0.2) is 30.3 Å². The van der Waals surface area contributed by atoms with Gasteiger partial charge in [-0.2, -0.15) is 5.26 Å². The van der Waals surface area contributed by atoms with E-state index in [1.165, 1.54) is 0 Å². The molecule has 0 spiro atoms.